The first-order valence-electron chi connectivity index (χ1n) is 5.71. The number of unbranched alkanes of at least 4 members (excludes halogenated alkanes) is 2. The average molecular weight is 306 g/mol. The van der Waals surface area contributed by atoms with E-state index >= 15 is 0 Å². The maximum atomic E-state index is 5.02. The molecule has 1 unspecified atom stereocenters. The van der Waals surface area contributed by atoms with E-state index < -0.39 is 0 Å². The molecule has 0 aliphatic carbocycles. The molecule has 92 valence electrons. The van der Waals surface area contributed by atoms with Gasteiger partial charge >= 0.3 is 0 Å². The molecule has 0 saturated heterocycles. The summed E-state index contributed by atoms with van der Waals surface area (Å²) in [6, 6.07) is 2.55. The van der Waals surface area contributed by atoms with Crippen molar-refractivity contribution < 1.29 is 4.74 Å². The first-order valence-corrected chi connectivity index (χ1v) is 7.38. The Morgan fingerprint density at radius 2 is 2.25 bits per heavy atom. The molecular weight excluding hydrogens is 286 g/mol. The van der Waals surface area contributed by atoms with Crippen LogP contribution in [0.3, 0.4) is 0 Å². The molecule has 0 fully saturated rings. The molecule has 1 aromatic rings. The van der Waals surface area contributed by atoms with Crippen molar-refractivity contribution in [1.82, 2.24) is 5.32 Å². The van der Waals surface area contributed by atoms with Crippen LogP contribution in [-0.4, -0.2) is 20.3 Å². The van der Waals surface area contributed by atoms with Crippen LogP contribution in [0.25, 0.3) is 0 Å². The summed E-state index contributed by atoms with van der Waals surface area (Å²) >= 11 is 5.36. The van der Waals surface area contributed by atoms with Gasteiger partial charge in [-0.15, -0.1) is 11.3 Å². The average Bonchev–Trinajstić information content (AvgIpc) is 2.69. The number of methoxy groups -OCH3 is 1. The van der Waals surface area contributed by atoms with E-state index in [0.29, 0.717) is 6.04 Å². The number of hydrogen-bond donors (Lipinski definition) is 1. The molecular formula is C12H20BrNOS. The Hall–Kier alpha value is 0.100. The van der Waals surface area contributed by atoms with Crippen molar-refractivity contribution in [2.45, 2.75) is 32.2 Å². The highest BCUT2D eigenvalue weighted by Crippen LogP contribution is 2.28. The third-order valence-electron chi connectivity index (χ3n) is 2.51. The van der Waals surface area contributed by atoms with Gasteiger partial charge in [0.1, 0.15) is 0 Å². The summed E-state index contributed by atoms with van der Waals surface area (Å²) in [5.41, 5.74) is 0. The maximum Gasteiger partial charge on any atom is 0.0462 e. The van der Waals surface area contributed by atoms with E-state index in [9.17, 15) is 0 Å². The Bertz CT molecular complexity index is 290. The summed E-state index contributed by atoms with van der Waals surface area (Å²) in [6.45, 7) is 4.17. The largest absolute Gasteiger partial charge is 0.385 e. The normalized spacial score (nSPS) is 12.9. The lowest BCUT2D eigenvalue weighted by Gasteiger charge is -2.12. The molecule has 0 amide bonds. The van der Waals surface area contributed by atoms with E-state index in [1.807, 2.05) is 0 Å². The topological polar surface area (TPSA) is 21.3 Å². The van der Waals surface area contributed by atoms with Crippen molar-refractivity contribution in [3.8, 4) is 0 Å². The van der Waals surface area contributed by atoms with Crippen LogP contribution in [0.2, 0.25) is 0 Å². The fourth-order valence-corrected chi connectivity index (χ4v) is 3.32. The molecule has 1 aromatic heterocycles. The van der Waals surface area contributed by atoms with Gasteiger partial charge in [-0.2, -0.15) is 0 Å². The summed E-state index contributed by atoms with van der Waals surface area (Å²) in [5.74, 6) is 0. The van der Waals surface area contributed by atoms with Gasteiger partial charge in [0.05, 0.1) is 0 Å². The molecule has 4 heteroatoms. The van der Waals surface area contributed by atoms with Crippen LogP contribution in [0.4, 0.5) is 0 Å². The minimum absolute atomic E-state index is 0.441. The molecule has 0 radical (unpaired) electrons. The quantitative estimate of drug-likeness (QED) is 0.734. The van der Waals surface area contributed by atoms with Gasteiger partial charge in [0.2, 0.25) is 0 Å². The van der Waals surface area contributed by atoms with E-state index in [4.69, 9.17) is 4.74 Å². The molecule has 1 rings (SSSR count). The van der Waals surface area contributed by atoms with Crippen LogP contribution in [0.15, 0.2) is 15.9 Å². The lowest BCUT2D eigenvalue weighted by atomic mass is 10.2. The van der Waals surface area contributed by atoms with Crippen LogP contribution in [0, 0.1) is 0 Å². The third-order valence-corrected chi connectivity index (χ3v) is 4.57. The zero-order valence-corrected chi connectivity index (χ0v) is 12.4. The van der Waals surface area contributed by atoms with Gasteiger partial charge in [-0.1, -0.05) is 0 Å². The lowest BCUT2D eigenvalue weighted by molar-refractivity contribution is 0.192. The Kier molecular flexibility index (Phi) is 7.28. The molecule has 0 aliphatic heterocycles. The molecule has 2 nitrogen and oxygen atoms in total. The molecule has 0 aromatic carbocycles. The predicted molar refractivity (Wildman–Crippen MR) is 74.2 cm³/mol. The highest BCUT2D eigenvalue weighted by molar-refractivity contribution is 9.10. The van der Waals surface area contributed by atoms with Gasteiger partial charge in [-0.05, 0) is 60.1 Å². The Morgan fingerprint density at radius 3 is 2.88 bits per heavy atom. The second-order valence-corrected chi connectivity index (χ2v) is 5.66. The first-order chi connectivity index (χ1) is 7.75. The minimum atomic E-state index is 0.441. The van der Waals surface area contributed by atoms with Gasteiger partial charge in [0.25, 0.3) is 0 Å². The van der Waals surface area contributed by atoms with Crippen LogP contribution < -0.4 is 5.32 Å². The molecule has 1 N–H and O–H groups in total. The summed E-state index contributed by atoms with van der Waals surface area (Å²) in [4.78, 5) is 1.39. The van der Waals surface area contributed by atoms with Gasteiger partial charge in [0.15, 0.2) is 0 Å². The second kappa shape index (κ2) is 8.23. The van der Waals surface area contributed by atoms with Gasteiger partial charge in [-0.3, -0.25) is 0 Å². The summed E-state index contributed by atoms with van der Waals surface area (Å²) in [6.07, 6.45) is 3.62. The van der Waals surface area contributed by atoms with E-state index in [-0.39, 0.29) is 0 Å². The molecule has 1 heterocycles. The summed E-state index contributed by atoms with van der Waals surface area (Å²) < 4.78 is 6.24. The van der Waals surface area contributed by atoms with E-state index in [0.717, 1.165) is 19.6 Å². The minimum Gasteiger partial charge on any atom is -0.385 e. The number of hydrogen-bond acceptors (Lipinski definition) is 3. The number of rotatable bonds is 8. The van der Waals surface area contributed by atoms with E-state index in [2.05, 4.69) is 39.6 Å². The first kappa shape index (κ1) is 14.2. The van der Waals surface area contributed by atoms with Gasteiger partial charge in [0, 0.05) is 29.1 Å². The SMILES string of the molecule is COCCCCCNC(C)c1sccc1Br. The molecule has 0 spiro atoms. The number of nitrogens with one attached hydrogen (secondary N) is 1. The van der Waals surface area contributed by atoms with Gasteiger partial charge < -0.3 is 10.1 Å². The van der Waals surface area contributed by atoms with Crippen LogP contribution in [0.1, 0.15) is 37.1 Å². The number of halogens is 1. The lowest BCUT2D eigenvalue weighted by Crippen LogP contribution is -2.19. The van der Waals surface area contributed by atoms with Crippen molar-refractivity contribution in [3.63, 3.8) is 0 Å². The molecule has 0 bridgehead atoms. The van der Waals surface area contributed by atoms with E-state index in [1.54, 1.807) is 18.4 Å². The Balaban J connectivity index is 2.11. The van der Waals surface area contributed by atoms with Gasteiger partial charge in [-0.25, -0.2) is 0 Å². The third kappa shape index (κ3) is 4.95. The van der Waals surface area contributed by atoms with Crippen molar-refractivity contribution in [2.24, 2.45) is 0 Å². The fraction of sp³-hybridized carbons (Fsp3) is 0.667. The highest BCUT2D eigenvalue weighted by atomic mass is 79.9. The monoisotopic (exact) mass is 305 g/mol. The maximum absolute atomic E-state index is 5.02. The molecule has 1 atom stereocenters. The summed E-state index contributed by atoms with van der Waals surface area (Å²) in [5, 5.41) is 5.66. The van der Waals surface area contributed by atoms with Crippen LogP contribution >= 0.6 is 27.3 Å². The second-order valence-electron chi connectivity index (χ2n) is 3.86. The zero-order valence-electron chi connectivity index (χ0n) is 9.96. The summed E-state index contributed by atoms with van der Waals surface area (Å²) in [7, 11) is 1.76. The van der Waals surface area contributed by atoms with Crippen molar-refractivity contribution in [3.05, 3.63) is 20.8 Å². The molecule has 16 heavy (non-hydrogen) atoms. The molecule has 0 saturated carbocycles. The smallest absolute Gasteiger partial charge is 0.0462 e. The van der Waals surface area contributed by atoms with Crippen molar-refractivity contribution in [1.29, 1.82) is 0 Å². The van der Waals surface area contributed by atoms with Crippen molar-refractivity contribution >= 4 is 27.3 Å². The number of ether oxygens (including phenoxy) is 1. The highest BCUT2D eigenvalue weighted by Gasteiger charge is 2.09. The molecule has 0 aliphatic rings. The number of thiophene rings is 1. The van der Waals surface area contributed by atoms with Crippen LogP contribution in [-0.2, 0) is 4.74 Å². The van der Waals surface area contributed by atoms with Crippen molar-refractivity contribution in [2.75, 3.05) is 20.3 Å². The Labute approximate surface area is 111 Å². The zero-order chi connectivity index (χ0) is 11.8. The Morgan fingerprint density at radius 1 is 1.44 bits per heavy atom. The fourth-order valence-electron chi connectivity index (χ4n) is 1.57. The van der Waals surface area contributed by atoms with Crippen LogP contribution in [0.5, 0.6) is 0 Å². The van der Waals surface area contributed by atoms with E-state index in [1.165, 1.54) is 22.2 Å². The standard InChI is InChI=1S/C12H20BrNOS/c1-10(12-11(13)6-9-16-12)14-7-4-3-5-8-15-2/h6,9-10,14H,3-5,7-8H2,1-2H3. The predicted octanol–water partition coefficient (Wildman–Crippen LogP) is 3.98.